The number of rotatable bonds is 3. The van der Waals surface area contributed by atoms with E-state index in [1.165, 1.54) is 7.11 Å². The Hall–Kier alpha value is -2.60. The number of carbonyl (C=O) groups excluding carboxylic acids is 1. The van der Waals surface area contributed by atoms with Gasteiger partial charge in [-0.05, 0) is 43.5 Å². The van der Waals surface area contributed by atoms with E-state index in [0.717, 1.165) is 43.6 Å². The van der Waals surface area contributed by atoms with Gasteiger partial charge in [0.25, 0.3) is 0 Å². The van der Waals surface area contributed by atoms with Crippen LogP contribution in [0.5, 0.6) is 5.75 Å². The van der Waals surface area contributed by atoms with Crippen LogP contribution in [0.2, 0.25) is 0 Å². The Morgan fingerprint density at radius 2 is 2.00 bits per heavy atom. The molecule has 29 heavy (non-hydrogen) atoms. The Bertz CT molecular complexity index is 888. The van der Waals surface area contributed by atoms with Gasteiger partial charge in [-0.25, -0.2) is 4.39 Å². The minimum absolute atomic E-state index is 0.0827. The zero-order valence-corrected chi connectivity index (χ0v) is 16.8. The number of hydrogen-bond donors (Lipinski definition) is 2. The number of halogens is 1. The Morgan fingerprint density at radius 1 is 1.14 bits per heavy atom. The highest BCUT2D eigenvalue weighted by molar-refractivity contribution is 5.79. The number of methoxy groups -OCH3 is 1. The molecule has 1 spiro atoms. The SMILES string of the molecule is COc1cccc(CN2CCC[C@@]3(CC2)CC(=O)NCc2ccccc2N3)c1F. The third-order valence-corrected chi connectivity index (χ3v) is 6.09. The van der Waals surface area contributed by atoms with Gasteiger partial charge in [-0.2, -0.15) is 0 Å². The quantitative estimate of drug-likeness (QED) is 0.830. The molecular weight excluding hydrogens is 369 g/mol. The molecule has 4 rings (SSSR count). The Kier molecular flexibility index (Phi) is 5.72. The van der Waals surface area contributed by atoms with E-state index in [9.17, 15) is 9.18 Å². The molecule has 0 aliphatic carbocycles. The van der Waals surface area contributed by atoms with Crippen LogP contribution in [-0.4, -0.2) is 36.5 Å². The summed E-state index contributed by atoms with van der Waals surface area (Å²) in [5.74, 6) is 0.0781. The van der Waals surface area contributed by atoms with E-state index in [4.69, 9.17) is 4.74 Å². The fourth-order valence-corrected chi connectivity index (χ4v) is 4.48. The third-order valence-electron chi connectivity index (χ3n) is 6.09. The lowest BCUT2D eigenvalue weighted by molar-refractivity contribution is -0.122. The summed E-state index contributed by atoms with van der Waals surface area (Å²) in [6, 6.07) is 13.4. The van der Waals surface area contributed by atoms with E-state index in [-0.39, 0.29) is 23.0 Å². The average molecular weight is 397 g/mol. The van der Waals surface area contributed by atoms with Gasteiger partial charge in [0, 0.05) is 42.8 Å². The number of hydrogen-bond acceptors (Lipinski definition) is 4. The van der Waals surface area contributed by atoms with Gasteiger partial charge in [-0.3, -0.25) is 9.69 Å². The maximum Gasteiger partial charge on any atom is 0.222 e. The molecule has 2 aromatic carbocycles. The van der Waals surface area contributed by atoms with Crippen molar-refractivity contribution in [3.8, 4) is 5.75 Å². The molecule has 2 aliphatic heterocycles. The molecule has 2 N–H and O–H groups in total. The number of fused-ring (bicyclic) bond motifs is 1. The lowest BCUT2D eigenvalue weighted by atomic mass is 9.85. The van der Waals surface area contributed by atoms with Crippen LogP contribution in [0.25, 0.3) is 0 Å². The molecule has 1 amide bonds. The first-order chi connectivity index (χ1) is 14.1. The van der Waals surface area contributed by atoms with Crippen LogP contribution in [0.3, 0.4) is 0 Å². The van der Waals surface area contributed by atoms with Gasteiger partial charge in [-0.15, -0.1) is 0 Å². The van der Waals surface area contributed by atoms with Crippen molar-refractivity contribution < 1.29 is 13.9 Å². The Balaban J connectivity index is 1.51. The van der Waals surface area contributed by atoms with Crippen LogP contribution in [0.15, 0.2) is 42.5 Å². The van der Waals surface area contributed by atoms with Crippen molar-refractivity contribution in [2.24, 2.45) is 0 Å². The molecule has 1 fully saturated rings. The van der Waals surface area contributed by atoms with E-state index < -0.39 is 0 Å². The first-order valence-electron chi connectivity index (χ1n) is 10.3. The van der Waals surface area contributed by atoms with E-state index in [0.29, 0.717) is 25.1 Å². The summed E-state index contributed by atoms with van der Waals surface area (Å²) in [7, 11) is 1.49. The average Bonchev–Trinajstić information content (AvgIpc) is 2.90. The molecule has 5 nitrogen and oxygen atoms in total. The molecular formula is C23H28FN3O2. The minimum atomic E-state index is -0.286. The number of likely N-dealkylation sites (tertiary alicyclic amines) is 1. The van der Waals surface area contributed by atoms with E-state index in [1.807, 2.05) is 24.3 Å². The predicted octanol–water partition coefficient (Wildman–Crippen LogP) is 3.69. The number of nitrogens with zero attached hydrogens (tertiary/aromatic N) is 1. The summed E-state index contributed by atoms with van der Waals surface area (Å²) in [5.41, 5.74) is 2.58. The molecule has 2 aromatic rings. The molecule has 1 saturated heterocycles. The van der Waals surface area contributed by atoms with Crippen molar-refractivity contribution in [2.45, 2.75) is 44.3 Å². The zero-order chi connectivity index (χ0) is 20.3. The zero-order valence-electron chi connectivity index (χ0n) is 16.8. The standard InChI is InChI=1S/C23H28FN3O2/c1-29-20-9-4-7-18(22(20)24)16-27-12-5-10-23(11-13-27)14-21(28)25-15-17-6-2-3-8-19(17)26-23/h2-4,6-9,26H,5,10-16H2,1H3,(H,25,28)/t23-/m1/s1. The Morgan fingerprint density at radius 3 is 2.86 bits per heavy atom. The fourth-order valence-electron chi connectivity index (χ4n) is 4.48. The summed E-state index contributed by atoms with van der Waals surface area (Å²) in [5, 5.41) is 6.77. The van der Waals surface area contributed by atoms with Gasteiger partial charge < -0.3 is 15.4 Å². The molecule has 0 radical (unpaired) electrons. The van der Waals surface area contributed by atoms with Gasteiger partial charge in [0.05, 0.1) is 7.11 Å². The Labute approximate surface area is 171 Å². The first kappa shape index (κ1) is 19.7. The van der Waals surface area contributed by atoms with Gasteiger partial charge in [0.1, 0.15) is 0 Å². The summed E-state index contributed by atoms with van der Waals surface area (Å²) in [6.07, 6.45) is 3.16. The highest BCUT2D eigenvalue weighted by Gasteiger charge is 2.36. The number of carbonyl (C=O) groups is 1. The molecule has 154 valence electrons. The molecule has 0 unspecified atom stereocenters. The van der Waals surface area contributed by atoms with Crippen LogP contribution in [0, 0.1) is 5.82 Å². The number of benzene rings is 2. The van der Waals surface area contributed by atoms with Crippen molar-refractivity contribution >= 4 is 11.6 Å². The largest absolute Gasteiger partial charge is 0.494 e. The van der Waals surface area contributed by atoms with Crippen LogP contribution >= 0.6 is 0 Å². The second-order valence-corrected chi connectivity index (χ2v) is 8.08. The van der Waals surface area contributed by atoms with E-state index in [2.05, 4.69) is 27.7 Å². The van der Waals surface area contributed by atoms with Crippen molar-refractivity contribution in [2.75, 3.05) is 25.5 Å². The highest BCUT2D eigenvalue weighted by atomic mass is 19.1. The van der Waals surface area contributed by atoms with Crippen molar-refractivity contribution in [3.05, 3.63) is 59.4 Å². The smallest absolute Gasteiger partial charge is 0.222 e. The topological polar surface area (TPSA) is 53.6 Å². The number of nitrogens with one attached hydrogen (secondary N) is 2. The van der Waals surface area contributed by atoms with Crippen LogP contribution < -0.4 is 15.4 Å². The maximum absolute atomic E-state index is 14.6. The second kappa shape index (κ2) is 8.41. The van der Waals surface area contributed by atoms with Crippen LogP contribution in [0.1, 0.15) is 36.8 Å². The lowest BCUT2D eigenvalue weighted by Crippen LogP contribution is -2.46. The van der Waals surface area contributed by atoms with E-state index in [1.54, 1.807) is 6.07 Å². The van der Waals surface area contributed by atoms with Gasteiger partial charge in [0.15, 0.2) is 11.6 Å². The maximum atomic E-state index is 14.6. The van der Waals surface area contributed by atoms with Crippen LogP contribution in [0.4, 0.5) is 10.1 Å². The number of para-hydroxylation sites is 1. The number of anilines is 1. The highest BCUT2D eigenvalue weighted by Crippen LogP contribution is 2.33. The monoisotopic (exact) mass is 397 g/mol. The van der Waals surface area contributed by atoms with Gasteiger partial charge >= 0.3 is 0 Å². The molecule has 1 atom stereocenters. The summed E-state index contributed by atoms with van der Waals surface area (Å²) >= 11 is 0. The fraction of sp³-hybridized carbons (Fsp3) is 0.435. The molecule has 2 aliphatic rings. The second-order valence-electron chi connectivity index (χ2n) is 8.08. The first-order valence-corrected chi connectivity index (χ1v) is 10.3. The summed E-state index contributed by atoms with van der Waals surface area (Å²) in [6.45, 7) is 2.78. The molecule has 2 heterocycles. The molecule has 0 saturated carbocycles. The minimum Gasteiger partial charge on any atom is -0.494 e. The van der Waals surface area contributed by atoms with Crippen molar-refractivity contribution in [1.29, 1.82) is 0 Å². The third kappa shape index (κ3) is 4.37. The molecule has 0 aromatic heterocycles. The normalized spacial score (nSPS) is 22.6. The van der Waals surface area contributed by atoms with E-state index >= 15 is 0 Å². The van der Waals surface area contributed by atoms with Crippen molar-refractivity contribution in [3.63, 3.8) is 0 Å². The van der Waals surface area contributed by atoms with Gasteiger partial charge in [0.2, 0.25) is 5.91 Å². The number of ether oxygens (including phenoxy) is 1. The number of amides is 1. The lowest BCUT2D eigenvalue weighted by Gasteiger charge is -2.37. The molecule has 0 bridgehead atoms. The van der Waals surface area contributed by atoms with Gasteiger partial charge in [-0.1, -0.05) is 30.3 Å². The summed E-state index contributed by atoms with van der Waals surface area (Å²) in [4.78, 5) is 14.8. The predicted molar refractivity (Wildman–Crippen MR) is 111 cm³/mol. The van der Waals surface area contributed by atoms with Crippen molar-refractivity contribution in [1.82, 2.24) is 10.2 Å². The van der Waals surface area contributed by atoms with Crippen LogP contribution in [-0.2, 0) is 17.9 Å². The molecule has 6 heteroatoms. The summed E-state index contributed by atoms with van der Waals surface area (Å²) < 4.78 is 19.7.